The SMILES string of the molecule is C=C1C[N+](C(C)C(C)F)=C(/C=C\C)c2ccccc2CCC2c3ccccc3-c3cc(CC4CCCCC4)c([Si](C)(C)C)c[n+]3C12. The topological polar surface area (TPSA) is 6.89 Å². The molecule has 46 heavy (non-hydrogen) atoms. The van der Waals surface area contributed by atoms with E-state index in [1.165, 1.54) is 72.0 Å². The molecule has 0 saturated heterocycles. The van der Waals surface area contributed by atoms with E-state index in [9.17, 15) is 0 Å². The van der Waals surface area contributed by atoms with Crippen LogP contribution in [-0.2, 0) is 12.8 Å². The maximum atomic E-state index is 15.3. The van der Waals surface area contributed by atoms with E-state index < -0.39 is 14.2 Å². The van der Waals surface area contributed by atoms with Gasteiger partial charge < -0.3 is 0 Å². The molecule has 4 unspecified atom stereocenters. The molecule has 4 heteroatoms. The number of halogens is 1. The maximum absolute atomic E-state index is 15.3. The van der Waals surface area contributed by atoms with Crippen molar-refractivity contribution in [3.63, 3.8) is 0 Å². The van der Waals surface area contributed by atoms with Gasteiger partial charge in [0.1, 0.15) is 0 Å². The maximum Gasteiger partial charge on any atom is 0.213 e. The first-order valence-corrected chi connectivity index (χ1v) is 21.4. The summed E-state index contributed by atoms with van der Waals surface area (Å²) in [6.45, 7) is 18.8. The van der Waals surface area contributed by atoms with E-state index in [-0.39, 0.29) is 18.0 Å². The summed E-state index contributed by atoms with van der Waals surface area (Å²) < 4.78 is 20.2. The normalized spacial score (nSPS) is 22.1. The van der Waals surface area contributed by atoms with Gasteiger partial charge in [-0.15, -0.1) is 0 Å². The van der Waals surface area contributed by atoms with Gasteiger partial charge in [-0.3, -0.25) is 0 Å². The van der Waals surface area contributed by atoms with Crippen LogP contribution >= 0.6 is 0 Å². The second-order valence-corrected chi connectivity index (χ2v) is 20.4. The Morgan fingerprint density at radius 1 is 0.957 bits per heavy atom. The van der Waals surface area contributed by atoms with Crippen LogP contribution in [-0.4, -0.2) is 37.1 Å². The minimum absolute atomic E-state index is 0.102. The Bertz CT molecular complexity index is 1650. The van der Waals surface area contributed by atoms with Gasteiger partial charge in [-0.2, -0.15) is 4.57 Å². The zero-order valence-electron chi connectivity index (χ0n) is 29.2. The third-order valence-electron chi connectivity index (χ3n) is 11.2. The van der Waals surface area contributed by atoms with E-state index in [1.54, 1.807) is 17.7 Å². The molecule has 242 valence electrons. The van der Waals surface area contributed by atoms with Crippen LogP contribution in [0.1, 0.15) is 93.5 Å². The standard InChI is InChI=1S/C42H55FN2Si/c1-8-16-39-35-20-13-12-19-33(35)23-24-38-36-21-14-15-22-37(36)40-26-34(25-32-17-10-9-11-18-32)41(46(5,6)7)28-45(40)42(38)29(2)27-44(39)31(4)30(3)43/h8,12-16,19-22,26,28,30-32,38,42H,2,9-11,17-18,23-25,27H2,1,3-7H3/q+2/b16-8-,44-39?. The molecule has 1 saturated carbocycles. The van der Waals surface area contributed by atoms with Crippen LogP contribution in [0.5, 0.6) is 0 Å². The second-order valence-electron chi connectivity index (χ2n) is 15.4. The molecule has 2 aromatic carbocycles. The van der Waals surface area contributed by atoms with Crippen molar-refractivity contribution in [2.75, 3.05) is 6.54 Å². The molecule has 2 aliphatic heterocycles. The lowest BCUT2D eigenvalue weighted by molar-refractivity contribution is -0.711. The van der Waals surface area contributed by atoms with E-state index in [0.29, 0.717) is 6.54 Å². The quantitative estimate of drug-likeness (QED) is 0.145. The summed E-state index contributed by atoms with van der Waals surface area (Å²) in [7, 11) is -1.67. The number of allylic oxidation sites excluding steroid dienone is 2. The highest BCUT2D eigenvalue weighted by atomic mass is 28.3. The summed E-state index contributed by atoms with van der Waals surface area (Å²) in [6.07, 6.45) is 15.9. The summed E-state index contributed by atoms with van der Waals surface area (Å²) in [5.41, 5.74) is 10.5. The third-order valence-corrected chi connectivity index (χ3v) is 13.2. The van der Waals surface area contributed by atoms with E-state index in [2.05, 4.69) is 109 Å². The molecule has 3 aromatic rings. The number of hydrogen-bond donors (Lipinski definition) is 0. The molecule has 0 amide bonds. The van der Waals surface area contributed by atoms with Crippen molar-refractivity contribution in [1.82, 2.24) is 0 Å². The van der Waals surface area contributed by atoms with Crippen molar-refractivity contribution in [3.05, 3.63) is 107 Å². The molecule has 0 N–H and O–H groups in total. The number of nitrogens with zero attached hydrogens (tertiary/aromatic N) is 2. The highest BCUT2D eigenvalue weighted by molar-refractivity contribution is 6.89. The number of aryl methyl sites for hydroxylation is 1. The van der Waals surface area contributed by atoms with Gasteiger partial charge in [-0.1, -0.05) is 101 Å². The van der Waals surface area contributed by atoms with E-state index in [0.717, 1.165) is 24.5 Å². The molecule has 0 radical (unpaired) electrons. The van der Waals surface area contributed by atoms with Gasteiger partial charge >= 0.3 is 0 Å². The summed E-state index contributed by atoms with van der Waals surface area (Å²) in [4.78, 5) is 0. The first-order valence-electron chi connectivity index (χ1n) is 17.9. The molecule has 3 heterocycles. The lowest BCUT2D eigenvalue weighted by atomic mass is 9.76. The van der Waals surface area contributed by atoms with Crippen molar-refractivity contribution in [3.8, 4) is 11.3 Å². The lowest BCUT2D eigenvalue weighted by Gasteiger charge is -2.34. The zero-order chi connectivity index (χ0) is 32.6. The van der Waals surface area contributed by atoms with Gasteiger partial charge in [-0.25, -0.2) is 8.97 Å². The van der Waals surface area contributed by atoms with Gasteiger partial charge in [0.25, 0.3) is 0 Å². The van der Waals surface area contributed by atoms with Crippen LogP contribution in [0.3, 0.4) is 0 Å². The van der Waals surface area contributed by atoms with Crippen LogP contribution in [0.15, 0.2) is 85.1 Å². The van der Waals surface area contributed by atoms with Gasteiger partial charge in [0.15, 0.2) is 31.0 Å². The van der Waals surface area contributed by atoms with Crippen molar-refractivity contribution in [2.24, 2.45) is 5.92 Å². The molecule has 3 aliphatic rings. The fourth-order valence-electron chi connectivity index (χ4n) is 8.62. The zero-order valence-corrected chi connectivity index (χ0v) is 30.2. The summed E-state index contributed by atoms with van der Waals surface area (Å²) in [5.74, 6) is 1.08. The van der Waals surface area contributed by atoms with Crippen molar-refractivity contribution in [2.45, 2.75) is 116 Å². The third kappa shape index (κ3) is 6.39. The number of aromatic nitrogens is 1. The van der Waals surface area contributed by atoms with Gasteiger partial charge in [-0.05, 0) is 67.9 Å². The van der Waals surface area contributed by atoms with Crippen LogP contribution in [0, 0.1) is 5.92 Å². The van der Waals surface area contributed by atoms with E-state index >= 15 is 4.39 Å². The lowest BCUT2D eigenvalue weighted by Crippen LogP contribution is -2.55. The molecule has 6 rings (SSSR count). The summed E-state index contributed by atoms with van der Waals surface area (Å²) in [5, 5.41) is 1.60. The monoisotopic (exact) mass is 634 g/mol. The van der Waals surface area contributed by atoms with Crippen LogP contribution < -0.4 is 9.75 Å². The molecule has 2 nitrogen and oxygen atoms in total. The molecule has 1 fully saturated rings. The fraction of sp³-hybridized carbons (Fsp3) is 0.476. The number of benzene rings is 2. The number of pyridine rings is 1. The Morgan fingerprint density at radius 2 is 1.65 bits per heavy atom. The Hall–Kier alpha value is -3.11. The highest BCUT2D eigenvalue weighted by Crippen LogP contribution is 2.44. The Morgan fingerprint density at radius 3 is 2.35 bits per heavy atom. The van der Waals surface area contributed by atoms with E-state index in [1.807, 2.05) is 6.92 Å². The first-order chi connectivity index (χ1) is 22.1. The predicted molar refractivity (Wildman–Crippen MR) is 195 cm³/mol. The van der Waals surface area contributed by atoms with E-state index in [4.69, 9.17) is 6.58 Å². The van der Waals surface area contributed by atoms with Gasteiger partial charge in [0.05, 0.1) is 19.6 Å². The molecule has 0 bridgehead atoms. The average Bonchev–Trinajstić information content (AvgIpc) is 3.04. The van der Waals surface area contributed by atoms with Gasteiger partial charge in [0, 0.05) is 35.4 Å². The highest BCUT2D eigenvalue weighted by Gasteiger charge is 2.45. The van der Waals surface area contributed by atoms with Crippen LogP contribution in [0.4, 0.5) is 4.39 Å². The van der Waals surface area contributed by atoms with Crippen molar-refractivity contribution in [1.29, 1.82) is 0 Å². The summed E-state index contributed by atoms with van der Waals surface area (Å²) in [6, 6.07) is 20.3. The largest absolute Gasteiger partial charge is 0.240 e. The minimum Gasteiger partial charge on any atom is -0.240 e. The first kappa shape index (κ1) is 32.8. The van der Waals surface area contributed by atoms with Crippen molar-refractivity contribution < 1.29 is 13.5 Å². The molecular weight excluding hydrogens is 580 g/mol. The molecule has 0 spiro atoms. The minimum atomic E-state index is -1.67. The van der Waals surface area contributed by atoms with Crippen LogP contribution in [0.25, 0.3) is 11.3 Å². The number of hydrogen-bond acceptors (Lipinski definition) is 0. The number of alkyl halides is 1. The fourth-order valence-corrected chi connectivity index (χ4v) is 10.3. The predicted octanol–water partition coefficient (Wildman–Crippen LogP) is 9.27. The second kappa shape index (κ2) is 13.6. The van der Waals surface area contributed by atoms with Crippen LogP contribution in [0.2, 0.25) is 19.6 Å². The molecule has 4 atom stereocenters. The molecule has 1 aromatic heterocycles. The smallest absolute Gasteiger partial charge is 0.213 e. The number of rotatable bonds is 6. The average molecular weight is 635 g/mol. The number of fused-ring (bicyclic) bond motifs is 7. The summed E-state index contributed by atoms with van der Waals surface area (Å²) >= 11 is 0. The molecular formula is C42H55FN2Si+2. The molecule has 1 aliphatic carbocycles. The van der Waals surface area contributed by atoms with Crippen molar-refractivity contribution >= 4 is 19.0 Å². The Labute approximate surface area is 278 Å². The Kier molecular flexibility index (Phi) is 9.67. The Balaban J connectivity index is 1.57. The van der Waals surface area contributed by atoms with Gasteiger partial charge in [0.2, 0.25) is 11.4 Å².